The summed E-state index contributed by atoms with van der Waals surface area (Å²) in [6.45, 7) is 0.887. The first-order valence-electron chi connectivity index (χ1n) is 7.86. The highest BCUT2D eigenvalue weighted by Crippen LogP contribution is 2.29. The first-order chi connectivity index (χ1) is 12.1. The van der Waals surface area contributed by atoms with E-state index in [-0.39, 0.29) is 5.91 Å². The van der Waals surface area contributed by atoms with Gasteiger partial charge in [-0.15, -0.1) is 0 Å². The van der Waals surface area contributed by atoms with E-state index in [0.717, 1.165) is 28.2 Å². The van der Waals surface area contributed by atoms with E-state index in [1.54, 1.807) is 19.3 Å². The third-order valence-corrected chi connectivity index (χ3v) is 4.02. The van der Waals surface area contributed by atoms with Crippen LogP contribution < -0.4 is 14.8 Å². The molecule has 2 aromatic rings. The molecule has 1 amide bonds. The number of amides is 1. The second-order valence-corrected chi connectivity index (χ2v) is 6.03. The quantitative estimate of drug-likeness (QED) is 0.825. The van der Waals surface area contributed by atoms with Gasteiger partial charge in [0.25, 0.3) is 0 Å². The maximum atomic E-state index is 12.0. The Kier molecular flexibility index (Phi) is 5.41. The molecule has 0 bridgehead atoms. The Morgan fingerprint density at radius 3 is 2.84 bits per heavy atom. The number of hydrogen-bond donors (Lipinski definition) is 1. The van der Waals surface area contributed by atoms with E-state index in [4.69, 9.17) is 21.1 Å². The Balaban J connectivity index is 1.57. The van der Waals surface area contributed by atoms with Crippen molar-refractivity contribution in [3.05, 3.63) is 76.3 Å². The fourth-order valence-electron chi connectivity index (χ4n) is 2.44. The Hall–Kier alpha value is -2.72. The zero-order chi connectivity index (χ0) is 17.6. The van der Waals surface area contributed by atoms with Gasteiger partial charge < -0.3 is 14.8 Å². The smallest absolute Gasteiger partial charge is 0.244 e. The van der Waals surface area contributed by atoms with Crippen molar-refractivity contribution in [3.63, 3.8) is 0 Å². The number of fused-ring (bicyclic) bond motifs is 1. The molecule has 0 atom stereocenters. The lowest BCUT2D eigenvalue weighted by molar-refractivity contribution is -0.116. The minimum Gasteiger partial charge on any atom is -0.497 e. The summed E-state index contributed by atoms with van der Waals surface area (Å²) < 4.78 is 10.8. The second-order valence-electron chi connectivity index (χ2n) is 5.59. The van der Waals surface area contributed by atoms with Crippen molar-refractivity contribution >= 4 is 23.6 Å². The van der Waals surface area contributed by atoms with Gasteiger partial charge in [0.15, 0.2) is 0 Å². The molecular weight excluding hydrogens is 338 g/mol. The molecule has 3 rings (SSSR count). The molecule has 0 radical (unpaired) electrons. The molecule has 25 heavy (non-hydrogen) atoms. The van der Waals surface area contributed by atoms with Crippen molar-refractivity contribution in [1.82, 2.24) is 5.32 Å². The van der Waals surface area contributed by atoms with Crippen LogP contribution in [0.15, 0.2) is 60.2 Å². The van der Waals surface area contributed by atoms with Gasteiger partial charge in [0.1, 0.15) is 18.1 Å². The lowest BCUT2D eigenvalue weighted by atomic mass is 10.1. The summed E-state index contributed by atoms with van der Waals surface area (Å²) in [5.74, 6) is 1.43. The first-order valence-corrected chi connectivity index (χ1v) is 8.23. The average Bonchev–Trinajstić information content (AvgIpc) is 2.64. The van der Waals surface area contributed by atoms with Gasteiger partial charge in [0.05, 0.1) is 7.11 Å². The van der Waals surface area contributed by atoms with Crippen molar-refractivity contribution in [3.8, 4) is 11.5 Å². The van der Waals surface area contributed by atoms with E-state index in [0.29, 0.717) is 18.2 Å². The number of ether oxygens (including phenoxy) is 2. The Morgan fingerprint density at radius 2 is 2.08 bits per heavy atom. The van der Waals surface area contributed by atoms with E-state index in [9.17, 15) is 4.79 Å². The van der Waals surface area contributed by atoms with E-state index in [1.165, 1.54) is 6.08 Å². The predicted molar refractivity (Wildman–Crippen MR) is 98.9 cm³/mol. The molecule has 128 valence electrons. The first kappa shape index (κ1) is 17.1. The minimum absolute atomic E-state index is 0.159. The summed E-state index contributed by atoms with van der Waals surface area (Å²) in [5, 5.41) is 3.50. The maximum Gasteiger partial charge on any atom is 0.244 e. The summed E-state index contributed by atoms with van der Waals surface area (Å²) in [7, 11) is 1.62. The maximum absolute atomic E-state index is 12.0. The van der Waals surface area contributed by atoms with E-state index in [1.807, 2.05) is 42.5 Å². The number of halogens is 1. The van der Waals surface area contributed by atoms with Crippen molar-refractivity contribution in [2.75, 3.05) is 13.7 Å². The molecular formula is C20H18ClNO3. The number of benzene rings is 2. The largest absolute Gasteiger partial charge is 0.497 e. The van der Waals surface area contributed by atoms with Crippen LogP contribution in [0.4, 0.5) is 0 Å². The Bertz CT molecular complexity index is 825. The van der Waals surface area contributed by atoms with Crippen LogP contribution in [0.3, 0.4) is 0 Å². The third-order valence-electron chi connectivity index (χ3n) is 3.78. The molecule has 5 heteroatoms. The van der Waals surface area contributed by atoms with Crippen molar-refractivity contribution in [2.24, 2.45) is 0 Å². The van der Waals surface area contributed by atoms with Gasteiger partial charge >= 0.3 is 0 Å². The molecule has 1 aliphatic heterocycles. The molecule has 1 aliphatic rings. The molecule has 0 fully saturated rings. The molecule has 0 aliphatic carbocycles. The van der Waals surface area contributed by atoms with Crippen LogP contribution in [0, 0.1) is 0 Å². The Morgan fingerprint density at radius 1 is 1.28 bits per heavy atom. The van der Waals surface area contributed by atoms with Crippen LogP contribution in [0.25, 0.3) is 6.08 Å². The van der Waals surface area contributed by atoms with Gasteiger partial charge in [0.2, 0.25) is 5.91 Å². The third kappa shape index (κ3) is 4.64. The van der Waals surface area contributed by atoms with Crippen molar-refractivity contribution < 1.29 is 14.3 Å². The monoisotopic (exact) mass is 355 g/mol. The number of hydrogen-bond acceptors (Lipinski definition) is 3. The van der Waals surface area contributed by atoms with Crippen LogP contribution in [0.5, 0.6) is 11.5 Å². The van der Waals surface area contributed by atoms with Crippen LogP contribution in [-0.4, -0.2) is 19.6 Å². The van der Waals surface area contributed by atoms with E-state index < -0.39 is 0 Å². The highest BCUT2D eigenvalue weighted by atomic mass is 35.5. The number of nitrogens with one attached hydrogen (secondary N) is 1. The lowest BCUT2D eigenvalue weighted by Gasteiger charge is -2.16. The van der Waals surface area contributed by atoms with Crippen LogP contribution in [0.2, 0.25) is 5.02 Å². The standard InChI is InChI=1S/C20H18ClNO3/c1-24-18-6-2-14(3-7-18)12-22-20(23)9-4-15-10-16-11-17(21)5-8-19(16)25-13-15/h2-11H,12-13H2,1H3,(H,22,23)/b9-4+. The normalized spacial score (nSPS) is 13.0. The van der Waals surface area contributed by atoms with Gasteiger partial charge in [-0.05, 0) is 47.5 Å². The highest BCUT2D eigenvalue weighted by Gasteiger charge is 2.10. The number of carbonyl (C=O) groups is 1. The molecule has 1 heterocycles. The van der Waals surface area contributed by atoms with Gasteiger partial charge in [-0.25, -0.2) is 0 Å². The summed E-state index contributed by atoms with van der Waals surface area (Å²) in [6.07, 6.45) is 5.24. The number of methoxy groups -OCH3 is 1. The molecule has 0 saturated carbocycles. The fourth-order valence-corrected chi connectivity index (χ4v) is 2.62. The second kappa shape index (κ2) is 7.90. The minimum atomic E-state index is -0.159. The van der Waals surface area contributed by atoms with Gasteiger partial charge in [-0.2, -0.15) is 0 Å². The molecule has 0 spiro atoms. The molecule has 2 aromatic carbocycles. The highest BCUT2D eigenvalue weighted by molar-refractivity contribution is 6.30. The van der Waals surface area contributed by atoms with Gasteiger partial charge in [-0.3, -0.25) is 4.79 Å². The summed E-state index contributed by atoms with van der Waals surface area (Å²) in [6, 6.07) is 13.0. The molecule has 4 nitrogen and oxygen atoms in total. The molecule has 0 aromatic heterocycles. The van der Waals surface area contributed by atoms with Crippen LogP contribution >= 0.6 is 11.6 Å². The van der Waals surface area contributed by atoms with Crippen molar-refractivity contribution in [2.45, 2.75) is 6.54 Å². The zero-order valence-electron chi connectivity index (χ0n) is 13.8. The molecule has 0 saturated heterocycles. The van der Waals surface area contributed by atoms with Crippen LogP contribution in [0.1, 0.15) is 11.1 Å². The molecule has 1 N–H and O–H groups in total. The van der Waals surface area contributed by atoms with Crippen molar-refractivity contribution in [1.29, 1.82) is 0 Å². The number of rotatable bonds is 5. The fraction of sp³-hybridized carbons (Fsp3) is 0.150. The average molecular weight is 356 g/mol. The van der Waals surface area contributed by atoms with Crippen LogP contribution in [-0.2, 0) is 11.3 Å². The van der Waals surface area contributed by atoms with E-state index >= 15 is 0 Å². The predicted octanol–water partition coefficient (Wildman–Crippen LogP) is 4.00. The van der Waals surface area contributed by atoms with Gasteiger partial charge in [-0.1, -0.05) is 29.8 Å². The summed E-state index contributed by atoms with van der Waals surface area (Å²) >= 11 is 6.00. The van der Waals surface area contributed by atoms with Gasteiger partial charge in [0, 0.05) is 23.2 Å². The SMILES string of the molecule is COc1ccc(CNC(=O)/C=C/C2=Cc3cc(Cl)ccc3OC2)cc1. The topological polar surface area (TPSA) is 47.6 Å². The summed E-state index contributed by atoms with van der Waals surface area (Å²) in [5.41, 5.74) is 2.83. The zero-order valence-corrected chi connectivity index (χ0v) is 14.5. The summed E-state index contributed by atoms with van der Waals surface area (Å²) in [4.78, 5) is 12.0. The molecule has 0 unspecified atom stereocenters. The number of carbonyl (C=O) groups excluding carboxylic acids is 1. The van der Waals surface area contributed by atoms with E-state index in [2.05, 4.69) is 5.32 Å². The lowest BCUT2D eigenvalue weighted by Crippen LogP contribution is -2.20. The Labute approximate surface area is 151 Å².